The molecule has 0 spiro atoms. The second kappa shape index (κ2) is 5.86. The molecule has 2 N–H and O–H groups in total. The topological polar surface area (TPSA) is 66.6 Å². The molecule has 18 heavy (non-hydrogen) atoms. The Labute approximate surface area is 112 Å². The number of nitrogens with two attached hydrogens (primary N) is 1. The predicted molar refractivity (Wildman–Crippen MR) is 74.4 cm³/mol. The average Bonchev–Trinajstić information content (AvgIpc) is 2.29. The zero-order chi connectivity index (χ0) is 14.0. The molecule has 2 atom stereocenters. The molecular formula is C12H27N3O2S. The van der Waals surface area contributed by atoms with Gasteiger partial charge in [-0.05, 0) is 18.8 Å². The molecular weight excluding hydrogens is 250 g/mol. The van der Waals surface area contributed by atoms with E-state index in [1.807, 2.05) is 6.92 Å². The van der Waals surface area contributed by atoms with E-state index in [9.17, 15) is 8.42 Å². The molecule has 1 aliphatic rings. The number of hydrogen-bond acceptors (Lipinski definition) is 3. The molecule has 108 valence electrons. The van der Waals surface area contributed by atoms with E-state index in [0.29, 0.717) is 19.0 Å². The molecule has 6 heteroatoms. The highest BCUT2D eigenvalue weighted by Gasteiger charge is 2.44. The van der Waals surface area contributed by atoms with Crippen LogP contribution in [0.5, 0.6) is 0 Å². The van der Waals surface area contributed by atoms with E-state index in [1.54, 1.807) is 18.4 Å². The van der Waals surface area contributed by atoms with Gasteiger partial charge >= 0.3 is 0 Å². The first-order valence-electron chi connectivity index (χ1n) is 6.70. The van der Waals surface area contributed by atoms with E-state index in [2.05, 4.69) is 6.92 Å². The van der Waals surface area contributed by atoms with Gasteiger partial charge in [-0.25, -0.2) is 0 Å². The van der Waals surface area contributed by atoms with Crippen molar-refractivity contribution < 1.29 is 8.42 Å². The predicted octanol–water partition coefficient (Wildman–Crippen LogP) is 1.02. The minimum absolute atomic E-state index is 0.393. The third-order valence-electron chi connectivity index (χ3n) is 4.00. The Bertz CT molecular complexity index is 370. The SMILES string of the molecule is CCN(C1(CN)CCCC(C)C1)S(=O)(=O)N(C)C. The van der Waals surface area contributed by atoms with Crippen molar-refractivity contribution in [2.24, 2.45) is 11.7 Å². The molecule has 1 saturated carbocycles. The largest absolute Gasteiger partial charge is 0.329 e. The number of likely N-dealkylation sites (N-methyl/N-ethyl adjacent to an activating group) is 1. The summed E-state index contributed by atoms with van der Waals surface area (Å²) >= 11 is 0. The summed E-state index contributed by atoms with van der Waals surface area (Å²) in [6.45, 7) is 4.94. The van der Waals surface area contributed by atoms with Crippen LogP contribution in [0.4, 0.5) is 0 Å². The first-order chi connectivity index (χ1) is 8.30. The van der Waals surface area contributed by atoms with E-state index in [4.69, 9.17) is 5.73 Å². The van der Waals surface area contributed by atoms with Crippen molar-refractivity contribution in [3.63, 3.8) is 0 Å². The smallest absolute Gasteiger partial charge is 0.282 e. The van der Waals surface area contributed by atoms with Gasteiger partial charge in [-0.2, -0.15) is 17.0 Å². The Morgan fingerprint density at radius 1 is 1.39 bits per heavy atom. The van der Waals surface area contributed by atoms with Gasteiger partial charge in [-0.1, -0.05) is 26.7 Å². The minimum atomic E-state index is -3.40. The van der Waals surface area contributed by atoms with Gasteiger partial charge in [0.25, 0.3) is 10.2 Å². The fourth-order valence-corrected chi connectivity index (χ4v) is 4.54. The van der Waals surface area contributed by atoms with Crippen LogP contribution in [-0.2, 0) is 10.2 Å². The van der Waals surface area contributed by atoms with E-state index in [0.717, 1.165) is 19.3 Å². The van der Waals surface area contributed by atoms with Crippen molar-refractivity contribution >= 4 is 10.2 Å². The van der Waals surface area contributed by atoms with Crippen LogP contribution in [0, 0.1) is 5.92 Å². The first kappa shape index (κ1) is 15.9. The minimum Gasteiger partial charge on any atom is -0.329 e. The third kappa shape index (κ3) is 2.87. The number of rotatable bonds is 5. The molecule has 1 aliphatic carbocycles. The quantitative estimate of drug-likeness (QED) is 0.816. The van der Waals surface area contributed by atoms with Crippen molar-refractivity contribution in [3.8, 4) is 0 Å². The Hall–Kier alpha value is -0.170. The first-order valence-corrected chi connectivity index (χ1v) is 8.10. The van der Waals surface area contributed by atoms with Gasteiger partial charge in [-0.15, -0.1) is 0 Å². The zero-order valence-electron chi connectivity index (χ0n) is 12.0. The van der Waals surface area contributed by atoms with Crippen molar-refractivity contribution in [2.45, 2.75) is 45.1 Å². The Morgan fingerprint density at radius 3 is 2.39 bits per heavy atom. The maximum Gasteiger partial charge on any atom is 0.282 e. The summed E-state index contributed by atoms with van der Waals surface area (Å²) in [6.07, 6.45) is 3.96. The maximum atomic E-state index is 12.4. The van der Waals surface area contributed by atoms with Gasteiger partial charge in [0.05, 0.1) is 0 Å². The highest BCUT2D eigenvalue weighted by Crippen LogP contribution is 2.37. The lowest BCUT2D eigenvalue weighted by Gasteiger charge is -2.47. The second-order valence-corrected chi connectivity index (χ2v) is 7.65. The average molecular weight is 277 g/mol. The van der Waals surface area contributed by atoms with Crippen LogP contribution in [0.1, 0.15) is 39.5 Å². The Balaban J connectivity index is 3.11. The van der Waals surface area contributed by atoms with Gasteiger partial charge in [0.1, 0.15) is 0 Å². The normalized spacial score (nSPS) is 30.1. The molecule has 5 nitrogen and oxygen atoms in total. The summed E-state index contributed by atoms with van der Waals surface area (Å²) in [7, 11) is -0.240. The van der Waals surface area contributed by atoms with Crippen molar-refractivity contribution in [1.82, 2.24) is 8.61 Å². The van der Waals surface area contributed by atoms with Crippen LogP contribution in [0.15, 0.2) is 0 Å². The van der Waals surface area contributed by atoms with Crippen molar-refractivity contribution in [1.29, 1.82) is 0 Å². The molecule has 0 aromatic carbocycles. The molecule has 0 aromatic heterocycles. The third-order valence-corrected chi connectivity index (χ3v) is 6.13. The van der Waals surface area contributed by atoms with Crippen LogP contribution in [0.3, 0.4) is 0 Å². The molecule has 2 unspecified atom stereocenters. The van der Waals surface area contributed by atoms with Crippen LogP contribution >= 0.6 is 0 Å². The summed E-state index contributed by atoms with van der Waals surface area (Å²) in [5.41, 5.74) is 5.56. The highest BCUT2D eigenvalue weighted by atomic mass is 32.2. The lowest BCUT2D eigenvalue weighted by atomic mass is 9.76. The lowest BCUT2D eigenvalue weighted by molar-refractivity contribution is 0.108. The summed E-state index contributed by atoms with van der Waals surface area (Å²) in [5, 5.41) is 0. The maximum absolute atomic E-state index is 12.4. The van der Waals surface area contributed by atoms with Crippen molar-refractivity contribution in [3.05, 3.63) is 0 Å². The molecule has 0 aromatic rings. The van der Waals surface area contributed by atoms with E-state index in [1.165, 1.54) is 10.7 Å². The van der Waals surface area contributed by atoms with Gasteiger partial charge in [0, 0.05) is 32.7 Å². The molecule has 0 radical (unpaired) electrons. The van der Waals surface area contributed by atoms with Crippen molar-refractivity contribution in [2.75, 3.05) is 27.2 Å². The van der Waals surface area contributed by atoms with Gasteiger partial charge in [0.2, 0.25) is 0 Å². The molecule has 0 heterocycles. The van der Waals surface area contributed by atoms with E-state index >= 15 is 0 Å². The van der Waals surface area contributed by atoms with Crippen LogP contribution < -0.4 is 5.73 Å². The molecule has 1 fully saturated rings. The zero-order valence-corrected chi connectivity index (χ0v) is 12.8. The molecule has 0 bridgehead atoms. The molecule has 1 rings (SSSR count). The highest BCUT2D eigenvalue weighted by molar-refractivity contribution is 7.86. The number of hydrogen-bond donors (Lipinski definition) is 1. The Kier molecular flexibility index (Phi) is 5.17. The second-order valence-electron chi connectivity index (χ2n) is 5.58. The monoisotopic (exact) mass is 277 g/mol. The van der Waals surface area contributed by atoms with E-state index < -0.39 is 15.7 Å². The molecule has 0 amide bonds. The number of nitrogens with zero attached hydrogens (tertiary/aromatic N) is 2. The lowest BCUT2D eigenvalue weighted by Crippen LogP contribution is -2.60. The Morgan fingerprint density at radius 2 is 2.00 bits per heavy atom. The van der Waals surface area contributed by atoms with E-state index in [-0.39, 0.29) is 0 Å². The summed E-state index contributed by atoms with van der Waals surface area (Å²) in [4.78, 5) is 0. The van der Waals surface area contributed by atoms with Crippen LogP contribution in [-0.4, -0.2) is 49.8 Å². The van der Waals surface area contributed by atoms with Gasteiger partial charge in [0.15, 0.2) is 0 Å². The molecule has 0 saturated heterocycles. The molecule has 0 aliphatic heterocycles. The summed E-state index contributed by atoms with van der Waals surface area (Å²) in [6, 6.07) is 0. The van der Waals surface area contributed by atoms with Gasteiger partial charge < -0.3 is 5.73 Å². The fourth-order valence-electron chi connectivity index (χ4n) is 3.09. The van der Waals surface area contributed by atoms with Gasteiger partial charge in [-0.3, -0.25) is 0 Å². The van der Waals surface area contributed by atoms with Crippen LogP contribution in [0.2, 0.25) is 0 Å². The summed E-state index contributed by atoms with van der Waals surface area (Å²) < 4.78 is 27.7. The standard InChI is InChI=1S/C12H27N3O2S/c1-5-15(18(16,17)14(3)4)12(10-13)8-6-7-11(2)9-12/h11H,5-10,13H2,1-4H3. The van der Waals surface area contributed by atoms with Crippen LogP contribution in [0.25, 0.3) is 0 Å². The fraction of sp³-hybridized carbons (Fsp3) is 1.00. The summed E-state index contributed by atoms with van der Waals surface area (Å²) in [5.74, 6) is 0.536.